The first-order valence-corrected chi connectivity index (χ1v) is 9.27. The maximum Gasteiger partial charge on any atom is 0.196 e. The highest BCUT2D eigenvalue weighted by Crippen LogP contribution is 2.25. The van der Waals surface area contributed by atoms with Gasteiger partial charge in [-0.3, -0.25) is 5.43 Å². The van der Waals surface area contributed by atoms with Gasteiger partial charge in [0.15, 0.2) is 10.7 Å². The molecule has 0 aliphatic heterocycles. The van der Waals surface area contributed by atoms with E-state index in [0.717, 1.165) is 28.1 Å². The zero-order valence-electron chi connectivity index (χ0n) is 14.7. The van der Waals surface area contributed by atoms with Gasteiger partial charge >= 0.3 is 0 Å². The van der Waals surface area contributed by atoms with Crippen LogP contribution in [-0.2, 0) is 0 Å². The summed E-state index contributed by atoms with van der Waals surface area (Å²) in [7, 11) is 0. The van der Waals surface area contributed by atoms with Gasteiger partial charge < -0.3 is 0 Å². The summed E-state index contributed by atoms with van der Waals surface area (Å²) in [6.45, 7) is 6.10. The van der Waals surface area contributed by atoms with Crippen LogP contribution in [0.4, 0.5) is 5.69 Å². The molecule has 130 valence electrons. The van der Waals surface area contributed by atoms with Crippen LogP contribution in [-0.4, -0.2) is 10.7 Å². The minimum Gasteiger partial charge on any atom is -0.277 e. The van der Waals surface area contributed by atoms with Gasteiger partial charge in [0, 0.05) is 16.0 Å². The van der Waals surface area contributed by atoms with Gasteiger partial charge in [0.05, 0.1) is 11.4 Å². The molecule has 0 bridgehead atoms. The maximum absolute atomic E-state index is 9.48. The van der Waals surface area contributed by atoms with Crippen molar-refractivity contribution in [3.63, 3.8) is 0 Å². The fourth-order valence-corrected chi connectivity index (χ4v) is 3.62. The van der Waals surface area contributed by atoms with Crippen LogP contribution in [0.15, 0.2) is 46.9 Å². The molecular formula is C20H17ClN4S. The highest BCUT2D eigenvalue weighted by Gasteiger charge is 2.11. The van der Waals surface area contributed by atoms with Gasteiger partial charge in [-0.2, -0.15) is 10.4 Å². The number of nitrogens with zero attached hydrogens (tertiary/aromatic N) is 3. The number of aryl methyl sites for hydroxylation is 3. The zero-order valence-corrected chi connectivity index (χ0v) is 16.2. The summed E-state index contributed by atoms with van der Waals surface area (Å²) in [6.07, 6.45) is 0. The lowest BCUT2D eigenvalue weighted by Crippen LogP contribution is -2.03. The van der Waals surface area contributed by atoms with E-state index in [1.54, 1.807) is 0 Å². The number of nitriles is 1. The Hall–Kier alpha value is -2.68. The molecule has 0 saturated carbocycles. The minimum absolute atomic E-state index is 0.259. The molecular weight excluding hydrogens is 364 g/mol. The monoisotopic (exact) mass is 380 g/mol. The number of halogens is 1. The Morgan fingerprint density at radius 1 is 1.15 bits per heavy atom. The molecule has 2 aromatic carbocycles. The van der Waals surface area contributed by atoms with Crippen LogP contribution < -0.4 is 5.43 Å². The van der Waals surface area contributed by atoms with Crippen LogP contribution in [0.3, 0.4) is 0 Å². The van der Waals surface area contributed by atoms with E-state index in [-0.39, 0.29) is 5.71 Å². The largest absolute Gasteiger partial charge is 0.277 e. The van der Waals surface area contributed by atoms with E-state index in [1.807, 2.05) is 43.5 Å². The predicted octanol–water partition coefficient (Wildman–Crippen LogP) is 5.73. The third-order valence-electron chi connectivity index (χ3n) is 3.91. The van der Waals surface area contributed by atoms with Gasteiger partial charge in [-0.25, -0.2) is 4.98 Å². The highest BCUT2D eigenvalue weighted by molar-refractivity contribution is 7.12. The number of aromatic nitrogens is 1. The van der Waals surface area contributed by atoms with Crippen LogP contribution in [0.5, 0.6) is 0 Å². The second-order valence-electron chi connectivity index (χ2n) is 6.00. The Balaban J connectivity index is 1.87. The summed E-state index contributed by atoms with van der Waals surface area (Å²) in [5, 5.41) is 16.9. The Morgan fingerprint density at radius 3 is 2.42 bits per heavy atom. The molecule has 6 heteroatoms. The molecule has 1 aromatic heterocycles. The zero-order chi connectivity index (χ0) is 18.7. The number of thiazole rings is 1. The van der Waals surface area contributed by atoms with Crippen molar-refractivity contribution in [1.29, 1.82) is 5.26 Å². The topological polar surface area (TPSA) is 61.1 Å². The Morgan fingerprint density at radius 2 is 1.81 bits per heavy atom. The van der Waals surface area contributed by atoms with E-state index >= 15 is 0 Å². The molecule has 0 spiro atoms. The second kappa shape index (κ2) is 7.69. The number of benzene rings is 2. The van der Waals surface area contributed by atoms with E-state index in [1.165, 1.54) is 16.9 Å². The van der Waals surface area contributed by atoms with Crippen molar-refractivity contribution in [2.75, 3.05) is 5.43 Å². The lowest BCUT2D eigenvalue weighted by molar-refractivity contribution is 1.24. The average molecular weight is 381 g/mol. The first-order chi connectivity index (χ1) is 12.5. The van der Waals surface area contributed by atoms with Crippen molar-refractivity contribution < 1.29 is 0 Å². The summed E-state index contributed by atoms with van der Waals surface area (Å²) >= 11 is 7.31. The predicted molar refractivity (Wildman–Crippen MR) is 109 cm³/mol. The second-order valence-corrected chi connectivity index (χ2v) is 7.30. The molecule has 1 heterocycles. The number of anilines is 1. The van der Waals surface area contributed by atoms with E-state index in [4.69, 9.17) is 11.6 Å². The quantitative estimate of drug-likeness (QED) is 0.464. The van der Waals surface area contributed by atoms with E-state index in [2.05, 4.69) is 40.6 Å². The fourth-order valence-electron chi connectivity index (χ4n) is 2.72. The van der Waals surface area contributed by atoms with Crippen LogP contribution >= 0.6 is 22.9 Å². The van der Waals surface area contributed by atoms with Crippen molar-refractivity contribution in [3.8, 4) is 17.3 Å². The molecule has 4 nitrogen and oxygen atoms in total. The van der Waals surface area contributed by atoms with Gasteiger partial charge in [0.2, 0.25) is 0 Å². The Kier molecular flexibility index (Phi) is 5.36. The molecule has 0 aliphatic rings. The molecule has 0 atom stereocenters. The summed E-state index contributed by atoms with van der Waals surface area (Å²) in [5.41, 5.74) is 9.32. The first kappa shape index (κ1) is 18.1. The molecule has 0 radical (unpaired) electrons. The fraction of sp³-hybridized carbons (Fsp3) is 0.150. The van der Waals surface area contributed by atoms with E-state index in [0.29, 0.717) is 10.0 Å². The summed E-state index contributed by atoms with van der Waals surface area (Å²) in [5.74, 6) is 0. The molecule has 0 amide bonds. The molecule has 0 unspecified atom stereocenters. The summed E-state index contributed by atoms with van der Waals surface area (Å²) in [6, 6.07) is 13.7. The normalized spacial score (nSPS) is 11.3. The summed E-state index contributed by atoms with van der Waals surface area (Å²) < 4.78 is 0. The van der Waals surface area contributed by atoms with Crippen LogP contribution in [0.25, 0.3) is 11.3 Å². The first-order valence-electron chi connectivity index (χ1n) is 8.01. The highest BCUT2D eigenvalue weighted by atomic mass is 35.5. The van der Waals surface area contributed by atoms with Crippen molar-refractivity contribution >= 4 is 34.3 Å². The minimum atomic E-state index is 0.259. The molecule has 0 saturated heterocycles. The average Bonchev–Trinajstić information content (AvgIpc) is 3.07. The van der Waals surface area contributed by atoms with E-state index < -0.39 is 0 Å². The Bertz CT molecular complexity index is 990. The third-order valence-corrected chi connectivity index (χ3v) is 5.01. The lowest BCUT2D eigenvalue weighted by Gasteiger charge is -2.10. The molecule has 26 heavy (non-hydrogen) atoms. The Labute approximate surface area is 161 Å². The van der Waals surface area contributed by atoms with Crippen LogP contribution in [0.1, 0.15) is 21.7 Å². The van der Waals surface area contributed by atoms with Crippen LogP contribution in [0, 0.1) is 32.1 Å². The number of hydrogen-bond donors (Lipinski definition) is 1. The van der Waals surface area contributed by atoms with Gasteiger partial charge in [-0.15, -0.1) is 11.3 Å². The SMILES string of the molecule is Cc1cc(C)c(N/N=C(\C#N)c2nc(-c3ccc(Cl)cc3)cs2)c(C)c1. The molecule has 3 rings (SSSR count). The van der Waals surface area contributed by atoms with Crippen LogP contribution in [0.2, 0.25) is 5.02 Å². The van der Waals surface area contributed by atoms with Gasteiger partial charge in [0.25, 0.3) is 0 Å². The smallest absolute Gasteiger partial charge is 0.196 e. The number of rotatable bonds is 4. The van der Waals surface area contributed by atoms with Crippen molar-refractivity contribution in [2.24, 2.45) is 5.10 Å². The van der Waals surface area contributed by atoms with Crippen molar-refractivity contribution in [2.45, 2.75) is 20.8 Å². The van der Waals surface area contributed by atoms with Crippen molar-refractivity contribution in [3.05, 3.63) is 68.5 Å². The number of hydrazone groups is 1. The number of hydrogen-bond acceptors (Lipinski definition) is 5. The van der Waals surface area contributed by atoms with Gasteiger partial charge in [-0.1, -0.05) is 41.4 Å². The molecule has 0 fully saturated rings. The molecule has 0 aliphatic carbocycles. The van der Waals surface area contributed by atoms with Crippen molar-refractivity contribution in [1.82, 2.24) is 4.98 Å². The standard InChI is InChI=1S/C20H17ClN4S/c1-12-8-13(2)19(14(3)9-12)25-24-17(10-22)20-23-18(11-26-20)15-4-6-16(21)7-5-15/h4-9,11,25H,1-3H3/b24-17+. The van der Waals surface area contributed by atoms with E-state index in [9.17, 15) is 5.26 Å². The lowest BCUT2D eigenvalue weighted by atomic mass is 10.1. The van der Waals surface area contributed by atoms with Gasteiger partial charge in [-0.05, 0) is 44.0 Å². The third kappa shape index (κ3) is 3.93. The van der Waals surface area contributed by atoms with Gasteiger partial charge in [0.1, 0.15) is 6.07 Å². The maximum atomic E-state index is 9.48. The molecule has 1 N–H and O–H groups in total. The summed E-state index contributed by atoms with van der Waals surface area (Å²) in [4.78, 5) is 4.53. The number of nitrogens with one attached hydrogen (secondary N) is 1. The molecule has 3 aromatic rings.